The highest BCUT2D eigenvalue weighted by atomic mass is 32.1. The van der Waals surface area contributed by atoms with Crippen molar-refractivity contribution in [1.29, 1.82) is 5.26 Å². The van der Waals surface area contributed by atoms with Crippen molar-refractivity contribution in [2.24, 2.45) is 0 Å². The lowest BCUT2D eigenvalue weighted by Crippen LogP contribution is -2.16. The largest absolute Gasteiger partial charge is 0.497 e. The Morgan fingerprint density at radius 3 is 2.53 bits per heavy atom. The maximum atomic E-state index is 10.1. The highest BCUT2D eigenvalue weighted by Gasteiger charge is 2.29. The van der Waals surface area contributed by atoms with Crippen LogP contribution in [0.3, 0.4) is 0 Å². The fraction of sp³-hybridized carbons (Fsp3) is 0.136. The van der Waals surface area contributed by atoms with Gasteiger partial charge in [-0.05, 0) is 36.8 Å². The molecule has 1 aliphatic heterocycles. The molecule has 0 saturated carbocycles. The number of hydrogen-bond acceptors (Lipinski definition) is 6. The molecule has 30 heavy (non-hydrogen) atoms. The summed E-state index contributed by atoms with van der Waals surface area (Å²) in [6, 6.07) is 19.9. The Labute approximate surface area is 178 Å². The van der Waals surface area contributed by atoms with Crippen molar-refractivity contribution in [3.63, 3.8) is 0 Å². The van der Waals surface area contributed by atoms with Crippen LogP contribution >= 0.6 is 12.2 Å². The summed E-state index contributed by atoms with van der Waals surface area (Å²) < 4.78 is 9.40. The van der Waals surface area contributed by atoms with Gasteiger partial charge in [0.15, 0.2) is 0 Å². The summed E-state index contributed by atoms with van der Waals surface area (Å²) in [5.41, 5.74) is 7.23. The summed E-state index contributed by atoms with van der Waals surface area (Å²) in [4.78, 5) is 0. The lowest BCUT2D eigenvalue weighted by Gasteiger charge is -2.12. The number of anilines is 1. The Bertz CT molecular complexity index is 1370. The van der Waals surface area contributed by atoms with Crippen LogP contribution in [0.1, 0.15) is 23.0 Å². The second-order valence-electron chi connectivity index (χ2n) is 7.01. The van der Waals surface area contributed by atoms with Crippen LogP contribution in [-0.2, 0) is 0 Å². The lowest BCUT2D eigenvalue weighted by atomic mass is 10.1. The molecule has 2 aromatic heterocycles. The minimum Gasteiger partial charge on any atom is -0.497 e. The highest BCUT2D eigenvalue weighted by Crippen LogP contribution is 2.36. The number of nitrogens with zero attached hydrogens (tertiary/aromatic N) is 4. The first kappa shape index (κ1) is 18.2. The van der Waals surface area contributed by atoms with Gasteiger partial charge in [-0.25, -0.2) is 9.36 Å². The first-order valence-electron chi connectivity index (χ1n) is 9.43. The number of fused-ring (bicyclic) bond motifs is 2. The Balaban J connectivity index is 1.70. The van der Waals surface area contributed by atoms with Crippen molar-refractivity contribution >= 4 is 28.9 Å². The minimum absolute atomic E-state index is 0.227. The average Bonchev–Trinajstić information content (AvgIpc) is 3.38. The van der Waals surface area contributed by atoms with Gasteiger partial charge < -0.3 is 10.1 Å². The first-order valence-corrected chi connectivity index (χ1v) is 9.84. The Hall–Kier alpha value is -3.83. The van der Waals surface area contributed by atoms with Crippen LogP contribution in [0.25, 0.3) is 16.6 Å². The maximum absolute atomic E-state index is 10.1. The molecule has 2 aromatic carbocycles. The van der Waals surface area contributed by atoms with Gasteiger partial charge in [0.05, 0.1) is 29.4 Å². The molecule has 7 nitrogen and oxygen atoms in total. The smallest absolute Gasteiger partial charge is 0.148 e. The van der Waals surface area contributed by atoms with Crippen molar-refractivity contribution in [1.82, 2.24) is 14.5 Å². The van der Waals surface area contributed by atoms with E-state index in [1.165, 1.54) is 0 Å². The molecule has 0 bridgehead atoms. The first-order chi connectivity index (χ1) is 14.6. The number of para-hydroxylation sites is 1. The number of pyridine rings is 1. The van der Waals surface area contributed by atoms with Gasteiger partial charge in [-0.2, -0.15) is 10.4 Å². The van der Waals surface area contributed by atoms with Crippen LogP contribution in [0.5, 0.6) is 5.75 Å². The number of benzene rings is 2. The normalized spacial score (nSPS) is 14.6. The van der Waals surface area contributed by atoms with Crippen molar-refractivity contribution < 1.29 is 4.74 Å². The molecule has 0 amide bonds. The third-order valence-electron chi connectivity index (χ3n) is 5.28. The van der Waals surface area contributed by atoms with Gasteiger partial charge in [0.1, 0.15) is 34.0 Å². The quantitative estimate of drug-likeness (QED) is 0.483. The lowest BCUT2D eigenvalue weighted by molar-refractivity contribution is 0.414. The molecule has 0 saturated heterocycles. The molecular weight excluding hydrogens is 396 g/mol. The molecule has 0 radical (unpaired) electrons. The topological polar surface area (TPSA) is 79.8 Å². The van der Waals surface area contributed by atoms with E-state index in [1.807, 2.05) is 61.5 Å². The second-order valence-corrected chi connectivity index (χ2v) is 7.40. The minimum atomic E-state index is -0.227. The van der Waals surface area contributed by atoms with Crippen LogP contribution in [0, 0.1) is 22.9 Å². The van der Waals surface area contributed by atoms with Gasteiger partial charge in [-0.3, -0.25) is 5.43 Å². The van der Waals surface area contributed by atoms with Gasteiger partial charge in [0.25, 0.3) is 0 Å². The zero-order chi connectivity index (χ0) is 20.8. The molecular formula is C22H18N6OS. The highest BCUT2D eigenvalue weighted by molar-refractivity contribution is 7.71. The molecule has 8 heteroatoms. The van der Waals surface area contributed by atoms with Gasteiger partial charge in [-0.1, -0.05) is 42.5 Å². The van der Waals surface area contributed by atoms with E-state index in [-0.39, 0.29) is 6.17 Å². The Kier molecular flexibility index (Phi) is 4.19. The molecule has 4 aromatic rings. The van der Waals surface area contributed by atoms with Crippen LogP contribution in [0.2, 0.25) is 0 Å². The van der Waals surface area contributed by atoms with Crippen molar-refractivity contribution in [3.05, 3.63) is 76.1 Å². The van der Waals surface area contributed by atoms with E-state index in [0.29, 0.717) is 21.5 Å². The molecule has 1 aliphatic rings. The molecule has 3 heterocycles. The maximum Gasteiger partial charge on any atom is 0.148 e. The zero-order valence-corrected chi connectivity index (χ0v) is 17.2. The van der Waals surface area contributed by atoms with Gasteiger partial charge >= 0.3 is 0 Å². The molecule has 2 N–H and O–H groups in total. The van der Waals surface area contributed by atoms with Gasteiger partial charge in [0, 0.05) is 0 Å². The monoisotopic (exact) mass is 414 g/mol. The zero-order valence-electron chi connectivity index (χ0n) is 16.4. The molecule has 0 spiro atoms. The predicted molar refractivity (Wildman–Crippen MR) is 118 cm³/mol. The predicted octanol–water partition coefficient (Wildman–Crippen LogP) is 4.41. The third kappa shape index (κ3) is 2.64. The number of hydrogen-bond donors (Lipinski definition) is 2. The van der Waals surface area contributed by atoms with E-state index >= 15 is 0 Å². The average molecular weight is 414 g/mol. The SMILES string of the molecule is COc1ccc(C2Nc3c(C#N)c4c(c(C)nn4-c4ccccc4)c(=S)n3N2)cc1. The van der Waals surface area contributed by atoms with E-state index < -0.39 is 0 Å². The molecule has 0 aliphatic carbocycles. The fourth-order valence-electron chi connectivity index (χ4n) is 3.83. The van der Waals surface area contributed by atoms with E-state index in [1.54, 1.807) is 16.5 Å². The second kappa shape index (κ2) is 6.90. The number of rotatable bonds is 3. The Morgan fingerprint density at radius 2 is 1.87 bits per heavy atom. The van der Waals surface area contributed by atoms with E-state index in [9.17, 15) is 5.26 Å². The summed E-state index contributed by atoms with van der Waals surface area (Å²) >= 11 is 5.80. The number of methoxy groups -OCH3 is 1. The van der Waals surface area contributed by atoms with E-state index in [2.05, 4.69) is 21.9 Å². The molecule has 5 rings (SSSR count). The molecule has 148 valence electrons. The standard InChI is InChI=1S/C22H18N6OS/c1-13-18-19(27(25-13)15-6-4-3-5-7-15)17(12-23)21-24-20(26-28(21)22(18)30)14-8-10-16(29-2)11-9-14/h3-11,20,24,26H,1-2H3. The third-order valence-corrected chi connectivity index (χ3v) is 5.66. The summed E-state index contributed by atoms with van der Waals surface area (Å²) in [7, 11) is 1.64. The van der Waals surface area contributed by atoms with Crippen LogP contribution < -0.4 is 15.5 Å². The van der Waals surface area contributed by atoms with Crippen molar-refractivity contribution in [2.75, 3.05) is 17.9 Å². The number of aryl methyl sites for hydroxylation is 1. The fourth-order valence-corrected chi connectivity index (χ4v) is 4.21. The molecule has 1 atom stereocenters. The van der Waals surface area contributed by atoms with Gasteiger partial charge in [-0.15, -0.1) is 0 Å². The van der Waals surface area contributed by atoms with E-state index in [0.717, 1.165) is 28.1 Å². The summed E-state index contributed by atoms with van der Waals surface area (Å²) in [6.07, 6.45) is -0.227. The van der Waals surface area contributed by atoms with E-state index in [4.69, 9.17) is 17.0 Å². The number of ether oxygens (including phenoxy) is 1. The number of nitrogens with one attached hydrogen (secondary N) is 2. The Morgan fingerprint density at radius 1 is 1.13 bits per heavy atom. The van der Waals surface area contributed by atoms with Crippen LogP contribution in [0.15, 0.2) is 54.6 Å². The number of aromatic nitrogens is 3. The molecule has 0 fully saturated rings. The molecule has 1 unspecified atom stereocenters. The van der Waals surface area contributed by atoms with Crippen LogP contribution in [-0.4, -0.2) is 21.6 Å². The summed E-state index contributed by atoms with van der Waals surface area (Å²) in [6.45, 7) is 1.91. The van der Waals surface area contributed by atoms with Crippen molar-refractivity contribution in [3.8, 4) is 17.5 Å². The van der Waals surface area contributed by atoms with Crippen LogP contribution in [0.4, 0.5) is 5.82 Å². The summed E-state index contributed by atoms with van der Waals surface area (Å²) in [5, 5.41) is 19.0. The van der Waals surface area contributed by atoms with Crippen molar-refractivity contribution in [2.45, 2.75) is 13.1 Å². The number of nitriles is 1. The summed E-state index contributed by atoms with van der Waals surface area (Å²) in [5.74, 6) is 1.42. The van der Waals surface area contributed by atoms with Gasteiger partial charge in [0.2, 0.25) is 0 Å².